The number of rotatable bonds is 7. The van der Waals surface area contributed by atoms with Gasteiger partial charge in [0, 0.05) is 23.5 Å². The molecule has 0 saturated carbocycles. The van der Waals surface area contributed by atoms with Gasteiger partial charge in [-0.05, 0) is 42.5 Å². The second-order valence-electron chi connectivity index (χ2n) is 7.89. The molecule has 14 nitrogen and oxygen atoms in total. The zero-order chi connectivity index (χ0) is 30.3. The van der Waals surface area contributed by atoms with Gasteiger partial charge in [0.2, 0.25) is 5.95 Å². The number of nitrogen functional groups attached to an aromatic ring is 2. The van der Waals surface area contributed by atoms with Gasteiger partial charge < -0.3 is 22.1 Å². The minimum absolute atomic E-state index is 0.0166. The molecule has 0 aliphatic heterocycles. The molecule has 1 heterocycles. The fourth-order valence-corrected chi connectivity index (χ4v) is 3.14. The molecule has 214 valence electrons. The Morgan fingerprint density at radius 3 is 1.88 bits per heavy atom. The molecule has 0 unspecified atom stereocenters. The molecule has 18 heteroatoms. The Kier molecular flexibility index (Phi) is 8.99. The minimum atomic E-state index is -4.37. The standard InChI is InChI=1S/C16H13FN8O4.C7H6F3NO/c17-10-7-20-16(22-9-2-4-14(25(28)29)12(19)6-9)23-15(10)21-8-1-3-13(24(26)27)11(18)5-8;8-7(9,10)5-2-1-3-6(4-5)11-12/h1-7H,18-19H2,(H2,20,21,22,23);1-4,11-12H. The van der Waals surface area contributed by atoms with E-state index < -0.39 is 27.4 Å². The third-order valence-electron chi connectivity index (χ3n) is 5.03. The molecule has 1 aromatic heterocycles. The van der Waals surface area contributed by atoms with Gasteiger partial charge in [-0.3, -0.25) is 30.9 Å². The van der Waals surface area contributed by atoms with Crippen LogP contribution in [0.3, 0.4) is 0 Å². The number of alkyl halides is 3. The summed E-state index contributed by atoms with van der Waals surface area (Å²) in [7, 11) is 0. The molecular formula is C23H19F4N9O5. The zero-order valence-electron chi connectivity index (χ0n) is 20.4. The summed E-state index contributed by atoms with van der Waals surface area (Å²) in [5, 5.41) is 35.4. The Morgan fingerprint density at radius 2 is 1.39 bits per heavy atom. The Labute approximate surface area is 226 Å². The molecule has 41 heavy (non-hydrogen) atoms. The lowest BCUT2D eigenvalue weighted by Crippen LogP contribution is -2.05. The summed E-state index contributed by atoms with van der Waals surface area (Å²) >= 11 is 0. The molecule has 3 aromatic carbocycles. The van der Waals surface area contributed by atoms with E-state index in [1.807, 2.05) is 0 Å². The predicted octanol–water partition coefficient (Wildman–Crippen LogP) is 5.59. The molecule has 0 fully saturated rings. The first kappa shape index (κ1) is 29.8. The topological polar surface area (TPSA) is 220 Å². The largest absolute Gasteiger partial charge is 0.416 e. The highest BCUT2D eigenvalue weighted by molar-refractivity contribution is 5.70. The van der Waals surface area contributed by atoms with Crippen molar-refractivity contribution in [1.29, 1.82) is 0 Å². The first-order chi connectivity index (χ1) is 19.3. The number of nitro benzene ring substituents is 2. The normalized spacial score (nSPS) is 10.7. The van der Waals surface area contributed by atoms with Crippen LogP contribution in [0, 0.1) is 26.0 Å². The maximum Gasteiger partial charge on any atom is 0.416 e. The molecule has 0 saturated heterocycles. The van der Waals surface area contributed by atoms with Crippen LogP contribution in [0.1, 0.15) is 5.56 Å². The number of nitrogens with one attached hydrogen (secondary N) is 3. The van der Waals surface area contributed by atoms with Crippen molar-refractivity contribution in [2.75, 3.05) is 27.6 Å². The predicted molar refractivity (Wildman–Crippen MR) is 140 cm³/mol. The van der Waals surface area contributed by atoms with Crippen molar-refractivity contribution < 1.29 is 32.6 Å². The summed E-state index contributed by atoms with van der Waals surface area (Å²) in [5.41, 5.74) is 12.0. The highest BCUT2D eigenvalue weighted by atomic mass is 19.4. The van der Waals surface area contributed by atoms with Crippen molar-refractivity contribution >= 4 is 51.6 Å². The van der Waals surface area contributed by atoms with E-state index in [4.69, 9.17) is 16.7 Å². The molecular weight excluding hydrogens is 558 g/mol. The van der Waals surface area contributed by atoms with Gasteiger partial charge in [-0.25, -0.2) is 9.37 Å². The Bertz CT molecular complexity index is 1590. The monoisotopic (exact) mass is 577 g/mol. The van der Waals surface area contributed by atoms with Crippen molar-refractivity contribution in [2.45, 2.75) is 6.18 Å². The van der Waals surface area contributed by atoms with Crippen LogP contribution < -0.4 is 27.6 Å². The molecule has 8 N–H and O–H groups in total. The molecule has 0 amide bonds. The number of nitrogens with two attached hydrogens (primary N) is 2. The number of hydrogen-bond acceptors (Lipinski definition) is 12. The first-order valence-corrected chi connectivity index (χ1v) is 11.0. The number of nitrogens with zero attached hydrogens (tertiary/aromatic N) is 4. The number of aromatic nitrogens is 2. The lowest BCUT2D eigenvalue weighted by Gasteiger charge is -2.10. The average Bonchev–Trinajstić information content (AvgIpc) is 2.90. The van der Waals surface area contributed by atoms with Crippen LogP contribution in [0.2, 0.25) is 0 Å². The molecule has 0 radical (unpaired) electrons. The van der Waals surface area contributed by atoms with Gasteiger partial charge in [0.15, 0.2) is 11.6 Å². The summed E-state index contributed by atoms with van der Waals surface area (Å²) in [5.74, 6) is -1.02. The summed E-state index contributed by atoms with van der Waals surface area (Å²) in [4.78, 5) is 28.1. The fourth-order valence-electron chi connectivity index (χ4n) is 3.14. The molecule has 0 spiro atoms. The highest BCUT2D eigenvalue weighted by Crippen LogP contribution is 2.31. The molecule has 0 aliphatic carbocycles. The van der Waals surface area contributed by atoms with Crippen molar-refractivity contribution in [1.82, 2.24) is 9.97 Å². The number of hydrogen-bond donors (Lipinski definition) is 6. The second kappa shape index (κ2) is 12.4. The molecule has 0 atom stereocenters. The minimum Gasteiger partial charge on any atom is -0.393 e. The van der Waals surface area contributed by atoms with Gasteiger partial charge in [-0.1, -0.05) is 6.07 Å². The lowest BCUT2D eigenvalue weighted by atomic mass is 10.2. The number of halogens is 4. The van der Waals surface area contributed by atoms with Gasteiger partial charge in [0.1, 0.15) is 11.4 Å². The fraction of sp³-hybridized carbons (Fsp3) is 0.0435. The summed E-state index contributed by atoms with van der Waals surface area (Å²) in [6.45, 7) is 0. The van der Waals surface area contributed by atoms with Gasteiger partial charge in [-0.2, -0.15) is 18.2 Å². The SMILES string of the molecule is Nc1cc(Nc2ncc(F)c(Nc3ccc([N+](=O)[O-])c(N)c3)n2)ccc1[N+](=O)[O-].ONc1cccc(C(F)(F)F)c1. The summed E-state index contributed by atoms with van der Waals surface area (Å²) in [6.07, 6.45) is -3.46. The van der Waals surface area contributed by atoms with E-state index in [1.54, 1.807) is 5.48 Å². The van der Waals surface area contributed by atoms with E-state index in [1.165, 1.54) is 48.5 Å². The van der Waals surface area contributed by atoms with Gasteiger partial charge >= 0.3 is 6.18 Å². The molecule has 4 rings (SSSR count). The van der Waals surface area contributed by atoms with E-state index >= 15 is 0 Å². The molecule has 0 bridgehead atoms. The Morgan fingerprint density at radius 1 is 0.829 bits per heavy atom. The quantitative estimate of drug-likeness (QED) is 0.0685. The Hall–Kier alpha value is -5.78. The number of anilines is 7. The van der Waals surface area contributed by atoms with Crippen LogP contribution in [0.4, 0.5) is 69.1 Å². The van der Waals surface area contributed by atoms with Crippen molar-refractivity contribution in [3.63, 3.8) is 0 Å². The number of nitro groups is 2. The first-order valence-electron chi connectivity index (χ1n) is 11.0. The van der Waals surface area contributed by atoms with Gasteiger partial charge in [0.25, 0.3) is 11.4 Å². The van der Waals surface area contributed by atoms with Crippen LogP contribution >= 0.6 is 0 Å². The zero-order valence-corrected chi connectivity index (χ0v) is 20.4. The van der Waals surface area contributed by atoms with Crippen LogP contribution in [0.15, 0.2) is 66.9 Å². The highest BCUT2D eigenvalue weighted by Gasteiger charge is 2.30. The van der Waals surface area contributed by atoms with Crippen LogP contribution in [0.25, 0.3) is 0 Å². The molecule has 4 aromatic rings. The van der Waals surface area contributed by atoms with E-state index in [-0.39, 0.29) is 45.9 Å². The van der Waals surface area contributed by atoms with Crippen LogP contribution in [0.5, 0.6) is 0 Å². The average molecular weight is 577 g/mol. The maximum atomic E-state index is 14.1. The van der Waals surface area contributed by atoms with Crippen molar-refractivity contribution in [2.24, 2.45) is 0 Å². The lowest BCUT2D eigenvalue weighted by molar-refractivity contribution is -0.384. The smallest absolute Gasteiger partial charge is 0.393 e. The second-order valence-corrected chi connectivity index (χ2v) is 7.89. The van der Waals surface area contributed by atoms with E-state index in [9.17, 15) is 37.8 Å². The van der Waals surface area contributed by atoms with E-state index in [2.05, 4.69) is 20.6 Å². The summed E-state index contributed by atoms with van der Waals surface area (Å²) in [6, 6.07) is 12.0. The summed E-state index contributed by atoms with van der Waals surface area (Å²) < 4.78 is 50.0. The van der Waals surface area contributed by atoms with Crippen LogP contribution in [-0.2, 0) is 6.18 Å². The van der Waals surface area contributed by atoms with E-state index in [0.717, 1.165) is 18.3 Å². The molecule has 0 aliphatic rings. The number of benzene rings is 3. The van der Waals surface area contributed by atoms with Gasteiger partial charge in [0.05, 0.1) is 27.3 Å². The van der Waals surface area contributed by atoms with Crippen molar-refractivity contribution in [3.8, 4) is 0 Å². The van der Waals surface area contributed by atoms with Crippen LogP contribution in [-0.4, -0.2) is 25.0 Å². The van der Waals surface area contributed by atoms with Gasteiger partial charge in [-0.15, -0.1) is 0 Å². The maximum absolute atomic E-state index is 14.1. The van der Waals surface area contributed by atoms with Crippen molar-refractivity contribution in [3.05, 3.63) is 98.5 Å². The third kappa shape index (κ3) is 7.86. The Balaban J connectivity index is 0.000000322. The third-order valence-corrected chi connectivity index (χ3v) is 5.03. The van der Waals surface area contributed by atoms with E-state index in [0.29, 0.717) is 5.69 Å².